The molecule has 0 bridgehead atoms. The molecular weight excluding hydrogens is 204 g/mol. The number of carbonyl (C=O) groups is 1. The number of hydrogen-bond acceptors (Lipinski definition) is 3. The predicted molar refractivity (Wildman–Crippen MR) is 61.7 cm³/mol. The number of hydrogen-bond donors (Lipinski definition) is 1. The lowest BCUT2D eigenvalue weighted by atomic mass is 10.1. The number of ether oxygens (including phenoxy) is 1. The molecule has 1 N–H and O–H groups in total. The Morgan fingerprint density at radius 1 is 1.44 bits per heavy atom. The first kappa shape index (κ1) is 10.7. The van der Waals surface area contributed by atoms with Crippen LogP contribution < -0.4 is 10.1 Å². The average molecular weight is 218 g/mol. The molecule has 0 spiro atoms. The number of carbonyl (C=O) groups excluding carboxylic acids is 1. The number of rotatable bonds is 3. The van der Waals surface area contributed by atoms with Gasteiger partial charge in [-0.2, -0.15) is 0 Å². The zero-order valence-corrected chi connectivity index (χ0v) is 9.36. The molecule has 84 valence electrons. The number of para-hydroxylation sites is 1. The van der Waals surface area contributed by atoms with Crippen molar-refractivity contribution in [2.75, 3.05) is 7.11 Å². The second-order valence-electron chi connectivity index (χ2n) is 3.73. The maximum atomic E-state index is 11.3. The minimum atomic E-state index is -0.273. The molecule has 1 heterocycles. The van der Waals surface area contributed by atoms with Crippen molar-refractivity contribution >= 4 is 11.7 Å². The van der Waals surface area contributed by atoms with Crippen molar-refractivity contribution in [3.05, 3.63) is 29.8 Å². The molecule has 1 unspecified atom stereocenters. The minimum Gasteiger partial charge on any atom is -0.496 e. The molecule has 16 heavy (non-hydrogen) atoms. The van der Waals surface area contributed by atoms with Gasteiger partial charge in [0.25, 0.3) is 0 Å². The molecule has 4 nitrogen and oxygen atoms in total. The number of amides is 1. The van der Waals surface area contributed by atoms with Crippen LogP contribution in [0, 0.1) is 0 Å². The van der Waals surface area contributed by atoms with Crippen LogP contribution >= 0.6 is 0 Å². The van der Waals surface area contributed by atoms with Crippen molar-refractivity contribution in [3.8, 4) is 5.75 Å². The number of nitrogens with one attached hydrogen (secondary N) is 1. The van der Waals surface area contributed by atoms with Crippen molar-refractivity contribution in [1.29, 1.82) is 0 Å². The van der Waals surface area contributed by atoms with Crippen LogP contribution in [0.4, 0.5) is 0 Å². The number of benzene rings is 1. The highest BCUT2D eigenvalue weighted by molar-refractivity contribution is 6.06. The van der Waals surface area contributed by atoms with Crippen LogP contribution in [0.5, 0.6) is 5.75 Å². The Kier molecular flexibility index (Phi) is 2.90. The highest BCUT2D eigenvalue weighted by Gasteiger charge is 2.22. The van der Waals surface area contributed by atoms with Crippen LogP contribution in [0.15, 0.2) is 29.3 Å². The smallest absolute Gasteiger partial charge is 0.249 e. The van der Waals surface area contributed by atoms with Gasteiger partial charge in [-0.15, -0.1) is 0 Å². The maximum absolute atomic E-state index is 11.3. The zero-order chi connectivity index (χ0) is 11.5. The molecule has 0 saturated heterocycles. The van der Waals surface area contributed by atoms with Crippen LogP contribution in [0.2, 0.25) is 0 Å². The Morgan fingerprint density at radius 2 is 2.19 bits per heavy atom. The topological polar surface area (TPSA) is 50.7 Å². The molecule has 4 heteroatoms. The summed E-state index contributed by atoms with van der Waals surface area (Å²) in [5, 5.41) is 2.76. The molecule has 1 amide bonds. The van der Waals surface area contributed by atoms with E-state index in [4.69, 9.17) is 4.74 Å². The monoisotopic (exact) mass is 218 g/mol. The summed E-state index contributed by atoms with van der Waals surface area (Å²) in [4.78, 5) is 15.5. The van der Waals surface area contributed by atoms with Gasteiger partial charge in [-0.1, -0.05) is 18.2 Å². The summed E-state index contributed by atoms with van der Waals surface area (Å²) in [5.74, 6) is 1.49. The molecule has 0 radical (unpaired) electrons. The van der Waals surface area contributed by atoms with E-state index in [9.17, 15) is 4.79 Å². The third kappa shape index (κ3) is 2.05. The van der Waals surface area contributed by atoms with E-state index in [0.717, 1.165) is 11.3 Å². The van der Waals surface area contributed by atoms with Gasteiger partial charge in [0.2, 0.25) is 5.91 Å². The van der Waals surface area contributed by atoms with Crippen LogP contribution in [0.25, 0.3) is 0 Å². The number of amidine groups is 1. The first-order chi connectivity index (χ1) is 7.70. The zero-order valence-electron chi connectivity index (χ0n) is 9.36. The molecule has 0 fully saturated rings. The molecule has 0 saturated carbocycles. The summed E-state index contributed by atoms with van der Waals surface area (Å²) >= 11 is 0. The number of aliphatic imine (C=N–C) groups is 1. The van der Waals surface area contributed by atoms with Crippen molar-refractivity contribution in [2.24, 2.45) is 4.99 Å². The summed E-state index contributed by atoms with van der Waals surface area (Å²) in [7, 11) is 1.64. The molecule has 1 aromatic carbocycles. The fraction of sp³-hybridized carbons (Fsp3) is 0.333. The quantitative estimate of drug-likeness (QED) is 0.827. The largest absolute Gasteiger partial charge is 0.496 e. The predicted octanol–water partition coefficient (Wildman–Crippen LogP) is 1.15. The lowest BCUT2D eigenvalue weighted by Crippen LogP contribution is -2.28. The second-order valence-corrected chi connectivity index (χ2v) is 3.73. The fourth-order valence-corrected chi connectivity index (χ4v) is 1.69. The van der Waals surface area contributed by atoms with E-state index in [-0.39, 0.29) is 11.9 Å². The van der Waals surface area contributed by atoms with E-state index >= 15 is 0 Å². The van der Waals surface area contributed by atoms with Crippen molar-refractivity contribution < 1.29 is 9.53 Å². The van der Waals surface area contributed by atoms with Crippen molar-refractivity contribution in [1.82, 2.24) is 5.32 Å². The SMILES string of the molecule is COc1ccccc1CC1=NC(C)C(=O)N1. The van der Waals surface area contributed by atoms with E-state index in [1.165, 1.54) is 0 Å². The normalized spacial score (nSPS) is 19.2. The minimum absolute atomic E-state index is 0.0371. The van der Waals surface area contributed by atoms with E-state index in [0.29, 0.717) is 12.3 Å². The van der Waals surface area contributed by atoms with Crippen molar-refractivity contribution in [3.63, 3.8) is 0 Å². The Bertz CT molecular complexity index is 440. The lowest BCUT2D eigenvalue weighted by molar-refractivity contribution is -0.119. The first-order valence-electron chi connectivity index (χ1n) is 5.20. The van der Waals surface area contributed by atoms with Crippen LogP contribution in [-0.2, 0) is 11.2 Å². The van der Waals surface area contributed by atoms with Gasteiger partial charge in [-0.3, -0.25) is 9.79 Å². The van der Waals surface area contributed by atoms with Crippen molar-refractivity contribution in [2.45, 2.75) is 19.4 Å². The summed E-state index contributed by atoms with van der Waals surface area (Å²) in [6.45, 7) is 1.78. The highest BCUT2D eigenvalue weighted by atomic mass is 16.5. The Hall–Kier alpha value is -1.84. The van der Waals surface area contributed by atoms with Gasteiger partial charge in [-0.05, 0) is 13.0 Å². The maximum Gasteiger partial charge on any atom is 0.249 e. The van der Waals surface area contributed by atoms with Crippen LogP contribution in [0.3, 0.4) is 0 Å². The summed E-state index contributed by atoms with van der Waals surface area (Å²) in [5.41, 5.74) is 1.03. The molecule has 0 aromatic heterocycles. The molecule has 2 rings (SSSR count). The number of methoxy groups -OCH3 is 1. The third-order valence-corrected chi connectivity index (χ3v) is 2.55. The summed E-state index contributed by atoms with van der Waals surface area (Å²) < 4.78 is 5.24. The molecule has 1 aliphatic heterocycles. The van der Waals surface area contributed by atoms with E-state index in [2.05, 4.69) is 10.3 Å². The van der Waals surface area contributed by atoms with Gasteiger partial charge >= 0.3 is 0 Å². The fourth-order valence-electron chi connectivity index (χ4n) is 1.69. The Morgan fingerprint density at radius 3 is 2.81 bits per heavy atom. The van der Waals surface area contributed by atoms with Gasteiger partial charge in [0.05, 0.1) is 7.11 Å². The standard InChI is InChI=1S/C12H14N2O2/c1-8-12(15)14-11(13-8)7-9-5-3-4-6-10(9)16-2/h3-6,8H,7H2,1-2H3,(H,13,14,15). The molecule has 0 aliphatic carbocycles. The van der Waals surface area contributed by atoms with Gasteiger partial charge in [0, 0.05) is 12.0 Å². The number of nitrogens with zero attached hydrogens (tertiary/aromatic N) is 1. The van der Waals surface area contributed by atoms with Crippen LogP contribution in [0.1, 0.15) is 12.5 Å². The van der Waals surface area contributed by atoms with Crippen LogP contribution in [-0.4, -0.2) is 24.9 Å². The molecule has 1 aromatic rings. The van der Waals surface area contributed by atoms with Gasteiger partial charge in [-0.25, -0.2) is 0 Å². The third-order valence-electron chi connectivity index (χ3n) is 2.55. The first-order valence-corrected chi connectivity index (χ1v) is 5.20. The lowest BCUT2D eigenvalue weighted by Gasteiger charge is -2.07. The summed E-state index contributed by atoms with van der Waals surface area (Å²) in [6, 6.07) is 7.45. The second kappa shape index (κ2) is 4.35. The Balaban J connectivity index is 2.16. The molecule has 1 aliphatic rings. The van der Waals surface area contributed by atoms with Gasteiger partial charge in [0.15, 0.2) is 0 Å². The van der Waals surface area contributed by atoms with Gasteiger partial charge < -0.3 is 10.1 Å². The summed E-state index contributed by atoms with van der Waals surface area (Å²) in [6.07, 6.45) is 0.597. The average Bonchev–Trinajstić information content (AvgIpc) is 2.59. The van der Waals surface area contributed by atoms with Gasteiger partial charge in [0.1, 0.15) is 17.6 Å². The van der Waals surface area contributed by atoms with E-state index < -0.39 is 0 Å². The van der Waals surface area contributed by atoms with E-state index in [1.54, 1.807) is 14.0 Å². The van der Waals surface area contributed by atoms with E-state index in [1.807, 2.05) is 24.3 Å². The molecular formula is C12H14N2O2. The highest BCUT2D eigenvalue weighted by Crippen LogP contribution is 2.18. The molecule has 1 atom stereocenters. The Labute approximate surface area is 94.3 Å².